The molecular weight excluding hydrogens is 486 g/mol. The SMILES string of the molecule is CC(=O)N1CCN(c2nc(-c3c(C)ccc4[nH]ncc34)nc3c2CN(c2cc(C(C)C)ccc2C)CC3)CC1. The molecule has 1 saturated heterocycles. The number of hydrogen-bond acceptors (Lipinski definition) is 6. The fourth-order valence-corrected chi connectivity index (χ4v) is 5.96. The highest BCUT2D eigenvalue weighted by Gasteiger charge is 2.29. The Labute approximate surface area is 230 Å². The molecule has 4 heterocycles. The van der Waals surface area contributed by atoms with Gasteiger partial charge in [-0.3, -0.25) is 9.89 Å². The Bertz CT molecular complexity index is 1550. The zero-order chi connectivity index (χ0) is 27.3. The van der Waals surface area contributed by atoms with E-state index in [1.807, 2.05) is 11.1 Å². The summed E-state index contributed by atoms with van der Waals surface area (Å²) in [6.45, 7) is 15.1. The van der Waals surface area contributed by atoms with Crippen molar-refractivity contribution in [3.8, 4) is 11.4 Å². The summed E-state index contributed by atoms with van der Waals surface area (Å²) >= 11 is 0. The molecule has 1 fully saturated rings. The zero-order valence-electron chi connectivity index (χ0n) is 23.6. The molecule has 202 valence electrons. The van der Waals surface area contributed by atoms with Crippen molar-refractivity contribution < 1.29 is 4.79 Å². The monoisotopic (exact) mass is 523 g/mol. The largest absolute Gasteiger partial charge is 0.366 e. The minimum Gasteiger partial charge on any atom is -0.366 e. The lowest BCUT2D eigenvalue weighted by molar-refractivity contribution is -0.129. The number of benzene rings is 2. The Morgan fingerprint density at radius 1 is 0.949 bits per heavy atom. The van der Waals surface area contributed by atoms with Gasteiger partial charge in [-0.2, -0.15) is 5.10 Å². The van der Waals surface area contributed by atoms with E-state index in [2.05, 4.69) is 78.0 Å². The molecule has 2 aliphatic rings. The predicted octanol–water partition coefficient (Wildman–Crippen LogP) is 4.99. The number of aromatic nitrogens is 4. The zero-order valence-corrected chi connectivity index (χ0v) is 23.6. The number of nitrogens with one attached hydrogen (secondary N) is 1. The van der Waals surface area contributed by atoms with Crippen molar-refractivity contribution in [3.05, 3.63) is 64.5 Å². The molecule has 0 saturated carbocycles. The second-order valence-electron chi connectivity index (χ2n) is 11.3. The Kier molecular flexibility index (Phi) is 6.49. The van der Waals surface area contributed by atoms with Crippen molar-refractivity contribution in [2.75, 3.05) is 42.5 Å². The second kappa shape index (κ2) is 9.98. The highest BCUT2D eigenvalue weighted by molar-refractivity contribution is 5.94. The maximum Gasteiger partial charge on any atom is 0.219 e. The third kappa shape index (κ3) is 4.62. The molecule has 0 aliphatic carbocycles. The lowest BCUT2D eigenvalue weighted by Crippen LogP contribution is -2.49. The number of hydrogen-bond donors (Lipinski definition) is 1. The molecule has 8 nitrogen and oxygen atoms in total. The third-order valence-electron chi connectivity index (χ3n) is 8.36. The van der Waals surface area contributed by atoms with Gasteiger partial charge in [-0.15, -0.1) is 0 Å². The quantitative estimate of drug-likeness (QED) is 0.406. The number of rotatable bonds is 4. The smallest absolute Gasteiger partial charge is 0.219 e. The van der Waals surface area contributed by atoms with Crippen LogP contribution < -0.4 is 9.80 Å². The lowest BCUT2D eigenvalue weighted by Gasteiger charge is -2.38. The molecule has 4 aromatic rings. The number of H-pyrrole nitrogens is 1. The molecule has 2 aromatic carbocycles. The van der Waals surface area contributed by atoms with Gasteiger partial charge < -0.3 is 14.7 Å². The number of fused-ring (bicyclic) bond motifs is 2. The van der Waals surface area contributed by atoms with Crippen LogP contribution in [0.3, 0.4) is 0 Å². The van der Waals surface area contributed by atoms with E-state index in [4.69, 9.17) is 9.97 Å². The van der Waals surface area contributed by atoms with Gasteiger partial charge in [-0.1, -0.05) is 32.0 Å². The molecule has 1 N–H and O–H groups in total. The Balaban J connectivity index is 1.45. The summed E-state index contributed by atoms with van der Waals surface area (Å²) in [6.07, 6.45) is 2.73. The molecule has 0 unspecified atom stereocenters. The average molecular weight is 524 g/mol. The van der Waals surface area contributed by atoms with Crippen LogP contribution in [-0.2, 0) is 17.8 Å². The van der Waals surface area contributed by atoms with Crippen LogP contribution in [-0.4, -0.2) is 63.7 Å². The summed E-state index contributed by atoms with van der Waals surface area (Å²) in [5.74, 6) is 2.37. The van der Waals surface area contributed by atoms with E-state index in [1.54, 1.807) is 6.92 Å². The van der Waals surface area contributed by atoms with Gasteiger partial charge in [0.15, 0.2) is 5.82 Å². The molecule has 39 heavy (non-hydrogen) atoms. The summed E-state index contributed by atoms with van der Waals surface area (Å²) in [5.41, 5.74) is 9.43. The number of carbonyl (C=O) groups is 1. The first kappa shape index (κ1) is 25.3. The summed E-state index contributed by atoms with van der Waals surface area (Å²) in [7, 11) is 0. The van der Waals surface area contributed by atoms with E-state index in [9.17, 15) is 4.79 Å². The fourth-order valence-electron chi connectivity index (χ4n) is 5.96. The molecule has 0 atom stereocenters. The normalized spacial score (nSPS) is 15.8. The number of nitrogens with zero attached hydrogens (tertiary/aromatic N) is 6. The number of amides is 1. The van der Waals surface area contributed by atoms with Crippen LogP contribution in [0.2, 0.25) is 0 Å². The molecular formula is C31H37N7O. The van der Waals surface area contributed by atoms with Crippen LogP contribution in [0.4, 0.5) is 11.5 Å². The first-order valence-electron chi connectivity index (χ1n) is 14.0. The average Bonchev–Trinajstić information content (AvgIpc) is 3.41. The molecule has 0 spiro atoms. The minimum absolute atomic E-state index is 0.133. The number of anilines is 2. The molecule has 2 aliphatic heterocycles. The van der Waals surface area contributed by atoms with Gasteiger partial charge in [0.2, 0.25) is 5.91 Å². The Hall–Kier alpha value is -3.94. The molecule has 1 amide bonds. The number of piperazine rings is 1. The Morgan fingerprint density at radius 3 is 2.46 bits per heavy atom. The van der Waals surface area contributed by atoms with E-state index in [-0.39, 0.29) is 5.91 Å². The van der Waals surface area contributed by atoms with Crippen molar-refractivity contribution in [3.63, 3.8) is 0 Å². The third-order valence-corrected chi connectivity index (χ3v) is 8.36. The van der Waals surface area contributed by atoms with Crippen LogP contribution in [0, 0.1) is 13.8 Å². The van der Waals surface area contributed by atoms with Crippen LogP contribution in [0.25, 0.3) is 22.3 Å². The van der Waals surface area contributed by atoms with E-state index in [0.717, 1.165) is 72.0 Å². The predicted molar refractivity (Wildman–Crippen MR) is 156 cm³/mol. The molecule has 8 heteroatoms. The van der Waals surface area contributed by atoms with Crippen LogP contribution in [0.15, 0.2) is 36.5 Å². The van der Waals surface area contributed by atoms with Gasteiger partial charge in [-0.25, -0.2) is 9.97 Å². The van der Waals surface area contributed by atoms with Crippen molar-refractivity contribution in [1.82, 2.24) is 25.1 Å². The van der Waals surface area contributed by atoms with E-state index >= 15 is 0 Å². The van der Waals surface area contributed by atoms with Gasteiger partial charge in [0, 0.05) is 74.8 Å². The number of aryl methyl sites for hydroxylation is 2. The topological polar surface area (TPSA) is 81.2 Å². The van der Waals surface area contributed by atoms with Gasteiger partial charge in [0.25, 0.3) is 0 Å². The van der Waals surface area contributed by atoms with Crippen molar-refractivity contribution in [2.24, 2.45) is 0 Å². The van der Waals surface area contributed by atoms with Gasteiger partial charge in [0.05, 0.1) is 17.4 Å². The summed E-state index contributed by atoms with van der Waals surface area (Å²) in [5, 5.41) is 8.43. The first-order chi connectivity index (χ1) is 18.8. The fraction of sp³-hybridized carbons (Fsp3) is 0.419. The summed E-state index contributed by atoms with van der Waals surface area (Å²) in [6, 6.07) is 11.0. The van der Waals surface area contributed by atoms with Crippen LogP contribution in [0.5, 0.6) is 0 Å². The summed E-state index contributed by atoms with van der Waals surface area (Å²) < 4.78 is 0. The van der Waals surface area contributed by atoms with Crippen molar-refractivity contribution in [1.29, 1.82) is 0 Å². The second-order valence-corrected chi connectivity index (χ2v) is 11.3. The molecule has 6 rings (SSSR count). The summed E-state index contributed by atoms with van der Waals surface area (Å²) in [4.78, 5) is 29.3. The maximum atomic E-state index is 12.0. The number of carbonyl (C=O) groups excluding carboxylic acids is 1. The van der Waals surface area contributed by atoms with Crippen LogP contribution >= 0.6 is 0 Å². The minimum atomic E-state index is 0.133. The maximum absolute atomic E-state index is 12.0. The van der Waals surface area contributed by atoms with E-state index < -0.39 is 0 Å². The lowest BCUT2D eigenvalue weighted by atomic mass is 9.97. The Morgan fingerprint density at radius 2 is 1.72 bits per heavy atom. The molecule has 0 radical (unpaired) electrons. The number of aromatic amines is 1. The standard InChI is InChI=1S/C31H37N7O/c1-19(2)23-8-6-20(3)28(16-23)38-11-10-26-25(18-38)31(37-14-12-36(13-15-37)22(5)39)34-30(33-26)29-21(4)7-9-27-24(29)17-32-35-27/h6-9,16-17,19H,10-15,18H2,1-5H3,(H,32,35). The molecule has 2 aromatic heterocycles. The van der Waals surface area contributed by atoms with E-state index in [0.29, 0.717) is 19.0 Å². The highest BCUT2D eigenvalue weighted by Crippen LogP contribution is 2.36. The van der Waals surface area contributed by atoms with Crippen molar-refractivity contribution >= 4 is 28.3 Å². The van der Waals surface area contributed by atoms with Gasteiger partial charge in [0.1, 0.15) is 5.82 Å². The van der Waals surface area contributed by atoms with Gasteiger partial charge in [-0.05, 0) is 48.6 Å². The van der Waals surface area contributed by atoms with Crippen molar-refractivity contribution in [2.45, 2.75) is 53.5 Å². The van der Waals surface area contributed by atoms with Crippen LogP contribution in [0.1, 0.15) is 54.6 Å². The van der Waals surface area contributed by atoms with E-state index in [1.165, 1.54) is 22.4 Å². The first-order valence-corrected chi connectivity index (χ1v) is 14.0. The highest BCUT2D eigenvalue weighted by atomic mass is 16.2. The van der Waals surface area contributed by atoms with Gasteiger partial charge >= 0.3 is 0 Å². The molecule has 0 bridgehead atoms.